The van der Waals surface area contributed by atoms with E-state index in [-0.39, 0.29) is 12.4 Å². The van der Waals surface area contributed by atoms with Crippen molar-refractivity contribution in [1.82, 2.24) is 15.5 Å². The molecule has 0 unspecified atom stereocenters. The lowest BCUT2D eigenvalue weighted by atomic mass is 10.0. The van der Waals surface area contributed by atoms with Gasteiger partial charge in [-0.2, -0.15) is 5.10 Å². The summed E-state index contributed by atoms with van der Waals surface area (Å²) in [5.41, 5.74) is 1.81. The number of nitrogens with one attached hydrogen (secondary N) is 2. The number of nitrogens with zero attached hydrogens (tertiary/aromatic N) is 1. The first-order valence-corrected chi connectivity index (χ1v) is 5.04. The molecule has 3 nitrogen and oxygen atoms in total. The number of H-pyrrole nitrogens is 1. The Hall–Kier alpha value is -0.540. The quantitative estimate of drug-likeness (QED) is 0.790. The maximum Gasteiger partial charge on any atom is 0.0490 e. The second kappa shape index (κ2) is 4.80. The number of aromatic nitrogens is 2. The third-order valence-corrected chi connectivity index (χ3v) is 3.08. The van der Waals surface area contributed by atoms with Gasteiger partial charge in [0.25, 0.3) is 0 Å². The smallest absolute Gasteiger partial charge is 0.0490 e. The van der Waals surface area contributed by atoms with Crippen LogP contribution in [0.2, 0.25) is 0 Å². The minimum Gasteiger partial charge on any atom is -0.311 e. The van der Waals surface area contributed by atoms with E-state index < -0.39 is 0 Å². The van der Waals surface area contributed by atoms with Crippen LogP contribution < -0.4 is 5.32 Å². The van der Waals surface area contributed by atoms with Gasteiger partial charge in [-0.15, -0.1) is 12.4 Å². The molecule has 0 radical (unpaired) electrons. The fourth-order valence-corrected chi connectivity index (χ4v) is 1.68. The van der Waals surface area contributed by atoms with Crippen LogP contribution in [0.15, 0.2) is 12.3 Å². The van der Waals surface area contributed by atoms with E-state index in [0.29, 0.717) is 5.41 Å². The lowest BCUT2D eigenvalue weighted by Gasteiger charge is -2.12. The van der Waals surface area contributed by atoms with Crippen molar-refractivity contribution in [3.05, 3.63) is 18.0 Å². The van der Waals surface area contributed by atoms with Gasteiger partial charge in [-0.25, -0.2) is 0 Å². The lowest BCUT2D eigenvalue weighted by Crippen LogP contribution is -2.23. The number of rotatable bonds is 5. The van der Waals surface area contributed by atoms with E-state index in [2.05, 4.69) is 22.4 Å². The molecule has 1 saturated carbocycles. The van der Waals surface area contributed by atoms with Gasteiger partial charge in [0.2, 0.25) is 0 Å². The van der Waals surface area contributed by atoms with Gasteiger partial charge in [0.05, 0.1) is 0 Å². The second-order valence-corrected chi connectivity index (χ2v) is 4.04. The Kier molecular flexibility index (Phi) is 3.96. The number of hydrogen-bond acceptors (Lipinski definition) is 2. The van der Waals surface area contributed by atoms with Gasteiger partial charge in [0.1, 0.15) is 0 Å². The van der Waals surface area contributed by atoms with Crippen molar-refractivity contribution in [2.24, 2.45) is 5.41 Å². The summed E-state index contributed by atoms with van der Waals surface area (Å²) < 4.78 is 0. The third-order valence-electron chi connectivity index (χ3n) is 3.08. The summed E-state index contributed by atoms with van der Waals surface area (Å²) in [6.07, 6.45) is 5.91. The minimum atomic E-state index is 0. The highest BCUT2D eigenvalue weighted by molar-refractivity contribution is 5.85. The van der Waals surface area contributed by atoms with E-state index in [1.54, 1.807) is 6.20 Å². The lowest BCUT2D eigenvalue weighted by molar-refractivity contribution is 0.442. The summed E-state index contributed by atoms with van der Waals surface area (Å²) in [5.74, 6) is 0. The summed E-state index contributed by atoms with van der Waals surface area (Å²) in [6.45, 7) is 4.36. The molecule has 0 atom stereocenters. The molecule has 0 amide bonds. The molecule has 14 heavy (non-hydrogen) atoms. The van der Waals surface area contributed by atoms with Gasteiger partial charge in [-0.05, 0) is 30.7 Å². The monoisotopic (exact) mass is 215 g/mol. The van der Waals surface area contributed by atoms with Gasteiger partial charge in [0, 0.05) is 25.0 Å². The van der Waals surface area contributed by atoms with Gasteiger partial charge in [-0.1, -0.05) is 6.92 Å². The van der Waals surface area contributed by atoms with Crippen LogP contribution in [0.4, 0.5) is 0 Å². The van der Waals surface area contributed by atoms with Gasteiger partial charge < -0.3 is 5.32 Å². The van der Waals surface area contributed by atoms with Gasteiger partial charge in [0.15, 0.2) is 0 Å². The molecule has 0 aromatic carbocycles. The minimum absolute atomic E-state index is 0. The van der Waals surface area contributed by atoms with E-state index in [1.807, 2.05) is 6.07 Å². The van der Waals surface area contributed by atoms with Gasteiger partial charge >= 0.3 is 0 Å². The van der Waals surface area contributed by atoms with Crippen molar-refractivity contribution in [2.45, 2.75) is 32.7 Å². The highest BCUT2D eigenvalue weighted by Gasteiger charge is 2.39. The Labute approximate surface area is 91.1 Å². The predicted molar refractivity (Wildman–Crippen MR) is 59.5 cm³/mol. The van der Waals surface area contributed by atoms with Crippen LogP contribution in [-0.2, 0) is 6.54 Å². The number of hydrogen-bond donors (Lipinski definition) is 2. The molecule has 0 bridgehead atoms. The molecule has 1 aromatic heterocycles. The fraction of sp³-hybridized carbons (Fsp3) is 0.700. The zero-order valence-corrected chi connectivity index (χ0v) is 9.36. The zero-order valence-electron chi connectivity index (χ0n) is 8.55. The Morgan fingerprint density at radius 1 is 1.57 bits per heavy atom. The standard InChI is InChI=1S/C10H17N3.ClH/c1-2-10(4-5-10)8-11-7-9-3-6-12-13-9;/h3,6,11H,2,4-5,7-8H2,1H3,(H,12,13);1H. The van der Waals surface area contributed by atoms with Crippen LogP contribution in [-0.4, -0.2) is 16.7 Å². The molecule has 1 aliphatic carbocycles. The Balaban J connectivity index is 0.000000980. The van der Waals surface area contributed by atoms with Crippen molar-refractivity contribution in [2.75, 3.05) is 6.54 Å². The second-order valence-electron chi connectivity index (χ2n) is 4.04. The van der Waals surface area contributed by atoms with Crippen LogP contribution in [0.25, 0.3) is 0 Å². The van der Waals surface area contributed by atoms with Gasteiger partial charge in [-0.3, -0.25) is 5.10 Å². The zero-order chi connectivity index (χ0) is 9.15. The summed E-state index contributed by atoms with van der Waals surface area (Å²) in [7, 11) is 0. The van der Waals surface area contributed by atoms with Crippen molar-refractivity contribution in [1.29, 1.82) is 0 Å². The molecule has 1 aliphatic rings. The molecule has 1 aromatic rings. The topological polar surface area (TPSA) is 40.7 Å². The number of aromatic amines is 1. The highest BCUT2D eigenvalue weighted by Crippen LogP contribution is 2.47. The average Bonchev–Trinajstić information content (AvgIpc) is 2.74. The molecule has 0 saturated heterocycles. The summed E-state index contributed by atoms with van der Waals surface area (Å²) in [6, 6.07) is 2.01. The molecular formula is C10H18ClN3. The SMILES string of the molecule is CCC1(CNCc2ccn[nH]2)CC1.Cl. The molecule has 0 aliphatic heterocycles. The molecular weight excluding hydrogens is 198 g/mol. The maximum absolute atomic E-state index is 3.91. The van der Waals surface area contributed by atoms with E-state index in [0.717, 1.165) is 13.1 Å². The molecule has 80 valence electrons. The van der Waals surface area contributed by atoms with Crippen LogP contribution in [0, 0.1) is 5.41 Å². The fourth-order valence-electron chi connectivity index (χ4n) is 1.68. The largest absolute Gasteiger partial charge is 0.311 e. The number of halogens is 1. The Bertz CT molecular complexity index is 254. The normalized spacial score (nSPS) is 17.5. The summed E-state index contributed by atoms with van der Waals surface area (Å²) >= 11 is 0. The summed E-state index contributed by atoms with van der Waals surface area (Å²) in [5, 5.41) is 10.3. The summed E-state index contributed by atoms with van der Waals surface area (Å²) in [4.78, 5) is 0. The van der Waals surface area contributed by atoms with Crippen molar-refractivity contribution >= 4 is 12.4 Å². The first kappa shape index (κ1) is 11.5. The van der Waals surface area contributed by atoms with Crippen molar-refractivity contribution < 1.29 is 0 Å². The van der Waals surface area contributed by atoms with E-state index in [9.17, 15) is 0 Å². The molecule has 1 fully saturated rings. The van der Waals surface area contributed by atoms with E-state index >= 15 is 0 Å². The molecule has 2 N–H and O–H groups in total. The van der Waals surface area contributed by atoms with Crippen LogP contribution in [0.1, 0.15) is 31.9 Å². The maximum atomic E-state index is 3.91. The van der Waals surface area contributed by atoms with E-state index in [1.165, 1.54) is 25.0 Å². The molecule has 1 heterocycles. The Morgan fingerprint density at radius 3 is 2.86 bits per heavy atom. The van der Waals surface area contributed by atoms with Crippen molar-refractivity contribution in [3.63, 3.8) is 0 Å². The molecule has 2 rings (SSSR count). The molecule has 4 heteroatoms. The Morgan fingerprint density at radius 2 is 2.36 bits per heavy atom. The third kappa shape index (κ3) is 2.72. The van der Waals surface area contributed by atoms with Crippen LogP contribution in [0.3, 0.4) is 0 Å². The van der Waals surface area contributed by atoms with Crippen LogP contribution in [0.5, 0.6) is 0 Å². The van der Waals surface area contributed by atoms with Crippen LogP contribution >= 0.6 is 12.4 Å². The first-order valence-electron chi connectivity index (χ1n) is 5.04. The van der Waals surface area contributed by atoms with Crippen molar-refractivity contribution in [3.8, 4) is 0 Å². The van der Waals surface area contributed by atoms with E-state index in [4.69, 9.17) is 0 Å². The predicted octanol–water partition coefficient (Wildman–Crippen LogP) is 2.11. The first-order chi connectivity index (χ1) is 6.35. The highest BCUT2D eigenvalue weighted by atomic mass is 35.5. The average molecular weight is 216 g/mol. The molecule has 0 spiro atoms.